The van der Waals surface area contributed by atoms with Gasteiger partial charge in [0.25, 0.3) is 5.91 Å². The molecular formula is C22H19Br2N3O4. The number of phenolic OH excluding ortho intramolecular Hbond substituents is 2. The van der Waals surface area contributed by atoms with Crippen molar-refractivity contribution in [3.8, 4) is 11.5 Å². The summed E-state index contributed by atoms with van der Waals surface area (Å²) in [6, 6.07) is 15.0. The molecule has 0 aliphatic heterocycles. The first-order valence-electron chi connectivity index (χ1n) is 9.21. The number of nitrogens with zero attached hydrogens (tertiary/aromatic N) is 2. The summed E-state index contributed by atoms with van der Waals surface area (Å²) in [5.41, 5.74) is 3.43. The van der Waals surface area contributed by atoms with Gasteiger partial charge in [0, 0.05) is 11.3 Å². The number of anilines is 1. The van der Waals surface area contributed by atoms with Gasteiger partial charge in [0.15, 0.2) is 0 Å². The molecule has 3 rings (SSSR count). The third-order valence-electron chi connectivity index (χ3n) is 4.44. The molecule has 0 heterocycles. The van der Waals surface area contributed by atoms with Gasteiger partial charge in [-0.1, -0.05) is 30.3 Å². The average molecular weight is 549 g/mol. The van der Waals surface area contributed by atoms with Crippen LogP contribution in [0.15, 0.2) is 62.6 Å². The lowest BCUT2D eigenvalue weighted by Crippen LogP contribution is -2.38. The van der Waals surface area contributed by atoms with Gasteiger partial charge in [0.2, 0.25) is 0 Å². The molecule has 3 aromatic carbocycles. The van der Waals surface area contributed by atoms with Crippen LogP contribution in [0.4, 0.5) is 5.69 Å². The van der Waals surface area contributed by atoms with Crippen LogP contribution >= 0.6 is 31.9 Å². The Labute approximate surface area is 195 Å². The van der Waals surface area contributed by atoms with E-state index in [1.54, 1.807) is 4.90 Å². The number of amides is 1. The number of halogens is 2. The van der Waals surface area contributed by atoms with E-state index in [-0.39, 0.29) is 40.4 Å². The van der Waals surface area contributed by atoms with Gasteiger partial charge >= 0.3 is 0 Å². The van der Waals surface area contributed by atoms with Gasteiger partial charge in [-0.25, -0.2) is 5.43 Å². The van der Waals surface area contributed by atoms with E-state index in [0.29, 0.717) is 4.47 Å². The molecule has 9 heteroatoms. The highest BCUT2D eigenvalue weighted by Gasteiger charge is 2.15. The van der Waals surface area contributed by atoms with Crippen LogP contribution in [0.5, 0.6) is 11.5 Å². The van der Waals surface area contributed by atoms with E-state index < -0.39 is 5.91 Å². The molecular weight excluding hydrogens is 530 g/mol. The zero-order valence-corrected chi connectivity index (χ0v) is 19.6. The standard InChI is InChI=1S/C22H19Br2N3O4/c1-13(28)11-27(17-7-6-14-4-2-3-5-15(14)8-17)12-19(29)26-25-10-16-9-18(23)22(31)20(24)21(16)30/h2-10,30-31H,11-12H2,1H3,(H,26,29)/b25-10-. The molecule has 0 radical (unpaired) electrons. The quantitative estimate of drug-likeness (QED) is 0.301. The van der Waals surface area contributed by atoms with Gasteiger partial charge in [0.1, 0.15) is 21.8 Å². The Morgan fingerprint density at radius 1 is 1.03 bits per heavy atom. The number of aromatic hydroxyl groups is 2. The van der Waals surface area contributed by atoms with Crippen molar-refractivity contribution in [2.45, 2.75) is 6.92 Å². The monoisotopic (exact) mass is 547 g/mol. The zero-order valence-electron chi connectivity index (χ0n) is 16.5. The Kier molecular flexibility index (Phi) is 7.29. The zero-order chi connectivity index (χ0) is 22.5. The molecule has 0 spiro atoms. The lowest BCUT2D eigenvalue weighted by atomic mass is 10.1. The lowest BCUT2D eigenvalue weighted by molar-refractivity contribution is -0.119. The number of hydrazone groups is 1. The van der Waals surface area contributed by atoms with Crippen molar-refractivity contribution in [1.29, 1.82) is 0 Å². The predicted octanol–water partition coefficient (Wildman–Crippen LogP) is 4.32. The second-order valence-electron chi connectivity index (χ2n) is 6.84. The van der Waals surface area contributed by atoms with Crippen molar-refractivity contribution in [3.05, 3.63) is 63.0 Å². The summed E-state index contributed by atoms with van der Waals surface area (Å²) in [5, 5.41) is 25.8. The third kappa shape index (κ3) is 5.62. The number of ketones is 1. The predicted molar refractivity (Wildman–Crippen MR) is 128 cm³/mol. The molecule has 0 atom stereocenters. The minimum absolute atomic E-state index is 0.0758. The normalized spacial score (nSPS) is 11.1. The van der Waals surface area contributed by atoms with Gasteiger partial charge in [0.05, 0.1) is 23.8 Å². The summed E-state index contributed by atoms with van der Waals surface area (Å²) < 4.78 is 0.465. The van der Waals surface area contributed by atoms with Gasteiger partial charge in [-0.05, 0) is 67.8 Å². The summed E-state index contributed by atoms with van der Waals surface area (Å²) in [7, 11) is 0. The summed E-state index contributed by atoms with van der Waals surface area (Å²) in [4.78, 5) is 25.8. The molecule has 0 unspecified atom stereocenters. The fraction of sp³-hybridized carbons (Fsp3) is 0.136. The Bertz CT molecular complexity index is 1180. The fourth-order valence-corrected chi connectivity index (χ4v) is 4.13. The smallest absolute Gasteiger partial charge is 0.259 e. The number of hydrogen-bond donors (Lipinski definition) is 3. The van der Waals surface area contributed by atoms with Crippen molar-refractivity contribution in [3.63, 3.8) is 0 Å². The molecule has 0 bridgehead atoms. The maximum absolute atomic E-state index is 12.4. The molecule has 31 heavy (non-hydrogen) atoms. The van der Waals surface area contributed by atoms with Gasteiger partial charge in [-0.15, -0.1) is 0 Å². The maximum Gasteiger partial charge on any atom is 0.259 e. The number of fused-ring (bicyclic) bond motifs is 1. The summed E-state index contributed by atoms with van der Waals surface area (Å²) in [6.45, 7) is 1.46. The van der Waals surface area contributed by atoms with Crippen LogP contribution in [0.1, 0.15) is 12.5 Å². The Morgan fingerprint density at radius 3 is 2.45 bits per heavy atom. The van der Waals surface area contributed by atoms with E-state index in [2.05, 4.69) is 42.4 Å². The van der Waals surface area contributed by atoms with Gasteiger partial charge < -0.3 is 15.1 Å². The number of carbonyl (C=O) groups is 2. The van der Waals surface area contributed by atoms with E-state index >= 15 is 0 Å². The highest BCUT2D eigenvalue weighted by atomic mass is 79.9. The number of hydrogen-bond acceptors (Lipinski definition) is 6. The first kappa shape index (κ1) is 22.8. The topological polar surface area (TPSA) is 102 Å². The van der Waals surface area contributed by atoms with Crippen LogP contribution in [0.25, 0.3) is 10.8 Å². The van der Waals surface area contributed by atoms with Crippen molar-refractivity contribution in [2.24, 2.45) is 5.10 Å². The number of Topliss-reactive ketones (excluding diaryl/α,β-unsaturated/α-hetero) is 1. The highest BCUT2D eigenvalue weighted by Crippen LogP contribution is 2.40. The van der Waals surface area contributed by atoms with Crippen molar-refractivity contribution >= 4 is 66.2 Å². The molecule has 7 nitrogen and oxygen atoms in total. The number of nitrogens with one attached hydrogen (secondary N) is 1. The molecule has 3 aromatic rings. The van der Waals surface area contributed by atoms with Crippen molar-refractivity contribution < 1.29 is 19.8 Å². The first-order chi connectivity index (χ1) is 14.8. The largest absolute Gasteiger partial charge is 0.506 e. The highest BCUT2D eigenvalue weighted by molar-refractivity contribution is 9.11. The summed E-state index contributed by atoms with van der Waals surface area (Å²) in [5.74, 6) is -0.864. The fourth-order valence-electron chi connectivity index (χ4n) is 2.98. The Morgan fingerprint density at radius 2 is 1.74 bits per heavy atom. The van der Waals surface area contributed by atoms with Crippen LogP contribution in [0, 0.1) is 0 Å². The molecule has 160 valence electrons. The second kappa shape index (κ2) is 9.93. The first-order valence-corrected chi connectivity index (χ1v) is 10.8. The van der Waals surface area contributed by atoms with Crippen LogP contribution in [-0.4, -0.2) is 41.2 Å². The lowest BCUT2D eigenvalue weighted by Gasteiger charge is -2.23. The molecule has 0 saturated heterocycles. The minimum Gasteiger partial charge on any atom is -0.506 e. The maximum atomic E-state index is 12.4. The van der Waals surface area contributed by atoms with Gasteiger partial charge in [-0.2, -0.15) is 5.10 Å². The molecule has 0 aliphatic rings. The number of phenols is 2. The molecule has 3 N–H and O–H groups in total. The number of benzene rings is 3. The summed E-state index contributed by atoms with van der Waals surface area (Å²) >= 11 is 6.25. The molecule has 0 fully saturated rings. The molecule has 0 saturated carbocycles. The van der Waals surface area contributed by atoms with Crippen molar-refractivity contribution in [1.82, 2.24) is 5.43 Å². The second-order valence-corrected chi connectivity index (χ2v) is 8.49. The molecule has 0 aromatic heterocycles. The SMILES string of the molecule is CC(=O)CN(CC(=O)N/N=C\c1cc(Br)c(O)c(Br)c1O)c1ccc2ccccc2c1. The van der Waals surface area contributed by atoms with Crippen LogP contribution in [-0.2, 0) is 9.59 Å². The summed E-state index contributed by atoms with van der Waals surface area (Å²) in [6.07, 6.45) is 1.26. The van der Waals surface area contributed by atoms with E-state index in [9.17, 15) is 19.8 Å². The van der Waals surface area contributed by atoms with Gasteiger partial charge in [-0.3, -0.25) is 9.59 Å². The van der Waals surface area contributed by atoms with Crippen LogP contribution < -0.4 is 10.3 Å². The van der Waals surface area contributed by atoms with Crippen LogP contribution in [0.3, 0.4) is 0 Å². The van der Waals surface area contributed by atoms with E-state index in [1.807, 2.05) is 42.5 Å². The Balaban J connectivity index is 1.74. The molecule has 0 aliphatic carbocycles. The van der Waals surface area contributed by atoms with E-state index in [4.69, 9.17) is 0 Å². The third-order valence-corrected chi connectivity index (χ3v) is 5.79. The minimum atomic E-state index is -0.429. The number of rotatable bonds is 7. The van der Waals surface area contributed by atoms with Crippen LogP contribution in [0.2, 0.25) is 0 Å². The molecule has 1 amide bonds. The van der Waals surface area contributed by atoms with Crippen molar-refractivity contribution in [2.75, 3.05) is 18.0 Å². The average Bonchev–Trinajstić information content (AvgIpc) is 2.74. The Hall–Kier alpha value is -2.91. The van der Waals surface area contributed by atoms with E-state index in [1.165, 1.54) is 19.2 Å². The number of carbonyl (C=O) groups excluding carboxylic acids is 2. The van der Waals surface area contributed by atoms with E-state index in [0.717, 1.165) is 16.5 Å².